The lowest BCUT2D eigenvalue weighted by Crippen LogP contribution is -2.31. The average molecular weight is 460 g/mol. The molecule has 0 radical (unpaired) electrons. The van der Waals surface area contributed by atoms with Crippen LogP contribution in [0.1, 0.15) is 16.7 Å². The maximum Gasteiger partial charge on any atom is 0.419 e. The van der Waals surface area contributed by atoms with Crippen molar-refractivity contribution >= 4 is 26.5 Å². The molecule has 3 aromatic rings. The predicted molar refractivity (Wildman–Crippen MR) is 105 cm³/mol. The summed E-state index contributed by atoms with van der Waals surface area (Å²) in [5.41, 5.74) is -0.322. The molecule has 0 aliphatic heterocycles. The first kappa shape index (κ1) is 22.0. The van der Waals surface area contributed by atoms with Crippen LogP contribution in [-0.4, -0.2) is 20.5 Å². The number of alkyl halides is 3. The molecule has 0 N–H and O–H groups in total. The third kappa shape index (κ3) is 4.41. The highest BCUT2D eigenvalue weighted by Gasteiger charge is 2.36. The number of hydrogen-bond acceptors (Lipinski definition) is 5. The summed E-state index contributed by atoms with van der Waals surface area (Å²) in [6, 6.07) is 6.62. The van der Waals surface area contributed by atoms with Crippen LogP contribution in [0.25, 0.3) is 0 Å². The van der Waals surface area contributed by atoms with Crippen molar-refractivity contribution in [1.29, 1.82) is 0 Å². The number of ether oxygens (including phenoxy) is 1. The van der Waals surface area contributed by atoms with Gasteiger partial charge < -0.3 is 4.74 Å². The van der Waals surface area contributed by atoms with Gasteiger partial charge in [-0.25, -0.2) is 22.1 Å². The molecule has 0 atom stereocenters. The third-order valence-electron chi connectivity index (χ3n) is 4.33. The minimum atomic E-state index is -5.03. The van der Waals surface area contributed by atoms with Crippen molar-refractivity contribution in [3.63, 3.8) is 0 Å². The SMILES string of the molecule is COc1ccc(CN(c2nccs2)S(=O)(=O)c2ccc(F)c(C(F)(F)F)c2)c(C)c1. The molecule has 3 rings (SSSR count). The van der Waals surface area contributed by atoms with Gasteiger partial charge in [0.2, 0.25) is 0 Å². The van der Waals surface area contributed by atoms with E-state index in [1.807, 2.05) is 0 Å². The van der Waals surface area contributed by atoms with Gasteiger partial charge in [-0.15, -0.1) is 11.3 Å². The van der Waals surface area contributed by atoms with Gasteiger partial charge in [0.05, 0.1) is 24.1 Å². The number of aromatic nitrogens is 1. The van der Waals surface area contributed by atoms with E-state index >= 15 is 0 Å². The normalized spacial score (nSPS) is 12.1. The molecule has 5 nitrogen and oxygen atoms in total. The van der Waals surface area contributed by atoms with Crippen LogP contribution in [0, 0.1) is 12.7 Å². The quantitative estimate of drug-likeness (QED) is 0.485. The number of hydrogen-bond donors (Lipinski definition) is 0. The lowest BCUT2D eigenvalue weighted by atomic mass is 10.1. The van der Waals surface area contributed by atoms with E-state index in [1.54, 1.807) is 30.5 Å². The van der Waals surface area contributed by atoms with Gasteiger partial charge in [-0.1, -0.05) is 6.07 Å². The number of sulfonamides is 1. The van der Waals surface area contributed by atoms with Crippen LogP contribution in [0.3, 0.4) is 0 Å². The van der Waals surface area contributed by atoms with Crippen LogP contribution in [0.5, 0.6) is 5.75 Å². The van der Waals surface area contributed by atoms with E-state index < -0.39 is 32.5 Å². The van der Waals surface area contributed by atoms with Crippen LogP contribution in [0.4, 0.5) is 22.7 Å². The molecule has 0 aliphatic carbocycles. The van der Waals surface area contributed by atoms with Gasteiger partial charge in [-0.2, -0.15) is 13.2 Å². The van der Waals surface area contributed by atoms with Crippen molar-refractivity contribution in [2.45, 2.75) is 24.5 Å². The molecular formula is C19H16F4N2O3S2. The first-order chi connectivity index (χ1) is 14.0. The lowest BCUT2D eigenvalue weighted by molar-refractivity contribution is -0.140. The highest BCUT2D eigenvalue weighted by molar-refractivity contribution is 7.93. The molecule has 0 amide bonds. The van der Waals surface area contributed by atoms with E-state index in [0.717, 1.165) is 27.3 Å². The number of halogens is 4. The van der Waals surface area contributed by atoms with Gasteiger partial charge in [0.25, 0.3) is 10.0 Å². The van der Waals surface area contributed by atoms with Crippen molar-refractivity contribution in [2.24, 2.45) is 0 Å². The topological polar surface area (TPSA) is 59.5 Å². The fraction of sp³-hybridized carbons (Fsp3) is 0.211. The molecule has 160 valence electrons. The van der Waals surface area contributed by atoms with Gasteiger partial charge in [0.1, 0.15) is 11.6 Å². The smallest absolute Gasteiger partial charge is 0.419 e. The molecule has 0 saturated carbocycles. The van der Waals surface area contributed by atoms with Crippen molar-refractivity contribution in [3.05, 3.63) is 70.5 Å². The second-order valence-electron chi connectivity index (χ2n) is 6.26. The van der Waals surface area contributed by atoms with Crippen LogP contribution in [-0.2, 0) is 22.7 Å². The molecule has 1 aromatic heterocycles. The van der Waals surface area contributed by atoms with E-state index in [0.29, 0.717) is 23.4 Å². The lowest BCUT2D eigenvalue weighted by Gasteiger charge is -2.23. The summed E-state index contributed by atoms with van der Waals surface area (Å²) in [5.74, 6) is -0.971. The van der Waals surface area contributed by atoms with E-state index in [9.17, 15) is 26.0 Å². The Morgan fingerprint density at radius 3 is 2.47 bits per heavy atom. The van der Waals surface area contributed by atoms with Crippen LogP contribution in [0.15, 0.2) is 52.9 Å². The highest BCUT2D eigenvalue weighted by Crippen LogP contribution is 2.35. The summed E-state index contributed by atoms with van der Waals surface area (Å²) in [6.45, 7) is 1.58. The summed E-state index contributed by atoms with van der Waals surface area (Å²) >= 11 is 1.01. The number of methoxy groups -OCH3 is 1. The molecule has 0 aliphatic rings. The maximum atomic E-state index is 13.6. The first-order valence-electron chi connectivity index (χ1n) is 8.46. The molecule has 11 heteroatoms. The van der Waals surface area contributed by atoms with Crippen molar-refractivity contribution in [1.82, 2.24) is 4.98 Å². The Labute approximate surface area is 174 Å². The summed E-state index contributed by atoms with van der Waals surface area (Å²) in [7, 11) is -2.98. The number of thiazole rings is 1. The minimum absolute atomic E-state index is 0.0723. The third-order valence-corrected chi connectivity index (χ3v) is 6.97. The van der Waals surface area contributed by atoms with Crippen molar-refractivity contribution in [2.75, 3.05) is 11.4 Å². The van der Waals surface area contributed by atoms with Crippen LogP contribution >= 0.6 is 11.3 Å². The molecule has 0 spiro atoms. The van der Waals surface area contributed by atoms with Crippen LogP contribution in [0.2, 0.25) is 0 Å². The van der Waals surface area contributed by atoms with Gasteiger partial charge in [0.15, 0.2) is 5.13 Å². The number of aryl methyl sites for hydroxylation is 1. The molecule has 30 heavy (non-hydrogen) atoms. The summed E-state index contributed by atoms with van der Waals surface area (Å²) < 4.78 is 85.4. The largest absolute Gasteiger partial charge is 0.497 e. The Balaban J connectivity index is 2.09. The van der Waals surface area contributed by atoms with Crippen molar-refractivity contribution in [3.8, 4) is 5.75 Å². The Hall–Kier alpha value is -2.66. The Morgan fingerprint density at radius 1 is 1.17 bits per heavy atom. The molecular weight excluding hydrogens is 444 g/mol. The maximum absolute atomic E-state index is 13.6. The van der Waals surface area contributed by atoms with E-state index in [4.69, 9.17) is 4.74 Å². The summed E-state index contributed by atoms with van der Waals surface area (Å²) in [6.07, 6.45) is -3.65. The molecule has 2 aromatic carbocycles. The minimum Gasteiger partial charge on any atom is -0.497 e. The molecule has 0 unspecified atom stereocenters. The number of anilines is 1. The predicted octanol–water partition coefficient (Wildman–Crippen LogP) is 5.01. The van der Waals surface area contributed by atoms with Crippen molar-refractivity contribution < 1.29 is 30.7 Å². The monoisotopic (exact) mass is 460 g/mol. The van der Waals surface area contributed by atoms with Crippen LogP contribution < -0.4 is 9.04 Å². The molecule has 0 bridgehead atoms. The molecule has 1 heterocycles. The zero-order valence-electron chi connectivity index (χ0n) is 15.8. The van der Waals surface area contributed by atoms with Gasteiger partial charge in [-0.3, -0.25) is 0 Å². The Kier molecular flexibility index (Phi) is 6.04. The van der Waals surface area contributed by atoms with E-state index in [2.05, 4.69) is 4.98 Å². The number of rotatable bonds is 6. The number of benzene rings is 2. The van der Waals surface area contributed by atoms with E-state index in [1.165, 1.54) is 13.3 Å². The fourth-order valence-corrected chi connectivity index (χ4v) is 5.03. The van der Waals surface area contributed by atoms with Gasteiger partial charge in [0, 0.05) is 11.6 Å². The first-order valence-corrected chi connectivity index (χ1v) is 10.8. The second-order valence-corrected chi connectivity index (χ2v) is 8.99. The summed E-state index contributed by atoms with van der Waals surface area (Å²) in [4.78, 5) is 3.32. The molecule has 0 fully saturated rings. The highest BCUT2D eigenvalue weighted by atomic mass is 32.2. The molecule has 0 saturated heterocycles. The zero-order chi connectivity index (χ0) is 22.1. The van der Waals surface area contributed by atoms with E-state index in [-0.39, 0.29) is 11.7 Å². The zero-order valence-corrected chi connectivity index (χ0v) is 17.4. The van der Waals surface area contributed by atoms with Gasteiger partial charge in [-0.05, 0) is 48.4 Å². The summed E-state index contributed by atoms with van der Waals surface area (Å²) in [5, 5.41) is 1.62. The Morgan fingerprint density at radius 2 is 1.90 bits per heavy atom. The average Bonchev–Trinajstić information content (AvgIpc) is 3.20. The number of nitrogens with zero attached hydrogens (tertiary/aromatic N) is 2. The second kappa shape index (κ2) is 8.23. The van der Waals surface area contributed by atoms with Gasteiger partial charge >= 0.3 is 6.18 Å². The Bertz CT molecular complexity index is 1150. The fourth-order valence-electron chi connectivity index (χ4n) is 2.73. The standard InChI is InChI=1S/C19H16F4N2O3S2/c1-12-9-14(28-2)4-3-13(12)11-25(18-24-7-8-29-18)30(26,27)15-5-6-17(20)16(10-15)19(21,22)23/h3-10H,11H2,1-2H3.